The van der Waals surface area contributed by atoms with Crippen LogP contribution in [0.5, 0.6) is 11.5 Å². The van der Waals surface area contributed by atoms with Crippen LogP contribution in [-0.4, -0.2) is 230 Å². The van der Waals surface area contributed by atoms with Crippen LogP contribution in [0.25, 0.3) is 22.8 Å². The van der Waals surface area contributed by atoms with Crippen LogP contribution in [0.15, 0.2) is 90.8 Å². The largest absolute Gasteiger partial charge is 2.00 e. The number of aromatic carboxylic acids is 1. The van der Waals surface area contributed by atoms with Gasteiger partial charge in [0.15, 0.2) is 23.1 Å². The van der Waals surface area contributed by atoms with Crippen LogP contribution >= 0.6 is 93.6 Å². The molecule has 2 fully saturated rings. The predicted molar refractivity (Wildman–Crippen MR) is 401 cm³/mol. The van der Waals surface area contributed by atoms with Crippen LogP contribution in [0.1, 0.15) is 71.6 Å². The molecule has 8 N–H and O–H groups in total. The normalized spacial score (nSPS) is 10.7. The van der Waals surface area contributed by atoms with Gasteiger partial charge in [-0.15, -0.1) is 35.6 Å². The molecule has 41 heteroatoms. The number of hydrogen-bond donors (Lipinski definition) is 7. The predicted octanol–water partition coefficient (Wildman–Crippen LogP) is 7.81. The molecule has 0 spiro atoms. The monoisotopic (exact) mass is 1670 g/mol. The number of carboxylic acids is 1. The fourth-order valence-electron chi connectivity index (χ4n) is 6.94. The number of carbonyl (C=O) groups excluding carboxylic acids is 5. The quantitative estimate of drug-likeness (QED) is 0.00629. The van der Waals surface area contributed by atoms with Gasteiger partial charge in [0.25, 0.3) is 11.8 Å². The number of nitrogens with one attached hydrogen (secondary N) is 5. The van der Waals surface area contributed by atoms with Crippen LogP contribution < -0.4 is 58.9 Å². The van der Waals surface area contributed by atoms with Gasteiger partial charge in [-0.2, -0.15) is 10.2 Å². The van der Waals surface area contributed by atoms with E-state index >= 15 is 0 Å². The van der Waals surface area contributed by atoms with E-state index in [1.54, 1.807) is 69.6 Å². The minimum absolute atomic E-state index is 0. The number of alkyl halides is 2. The molecule has 2 aliphatic rings. The van der Waals surface area contributed by atoms with E-state index in [9.17, 15) is 28.8 Å². The zero-order chi connectivity index (χ0) is 75.4. The van der Waals surface area contributed by atoms with E-state index in [2.05, 4.69) is 78.1 Å². The second-order valence-electron chi connectivity index (χ2n) is 19.9. The molecule has 2 aromatic carbocycles. The van der Waals surface area contributed by atoms with Crippen molar-refractivity contribution in [1.82, 2.24) is 80.9 Å². The first-order valence-electron chi connectivity index (χ1n) is 29.5. The van der Waals surface area contributed by atoms with Crippen molar-refractivity contribution >= 4 is 170 Å². The number of carbonyl (C=O) groups is 5. The van der Waals surface area contributed by atoms with E-state index < -0.39 is 5.97 Å². The Kier molecular flexibility index (Phi) is 55.0. The Morgan fingerprint density at radius 1 is 0.738 bits per heavy atom. The van der Waals surface area contributed by atoms with Crippen molar-refractivity contribution in [1.29, 1.82) is 0 Å². The number of aryl methyl sites for hydroxylation is 2. The number of aliphatic imine (C=N–C) groups is 1. The molecule has 0 atom stereocenters. The van der Waals surface area contributed by atoms with Gasteiger partial charge in [-0.05, 0) is 70.2 Å². The van der Waals surface area contributed by atoms with Crippen LogP contribution in [0, 0.1) is 6.42 Å². The summed E-state index contributed by atoms with van der Waals surface area (Å²) >= 11 is 38.8. The smallest absolute Gasteiger partial charge is 1.00 e. The standard InChI is InChI=1S/C18H19ClN6O3.C10H12N4O.C8H8Cl2N2O2.C6H3Cl2NO2.C6H13ClN2O.C6H12N2O.C3H4ClNO.C3H5.C2H7NO.BrH.ClH.Mg/c1-24-10-21-17(23-24)11-6-5-7-13(16(11)27-3)22-14-8-15(19)20-9-12(14)18(26)25(2)28-4;1-14-6-12-10(13-14)7-4-3-5-8(11)9(7)15-2;1-12(14-2)8(13)5-4-11-7(10)3-6(5)9;7-4-1-5(8)9-2-3(4)6(10)11;1-5(2)9-6(10)8-4-3-7;1-5(2)8-4-3-7-6(8)9;4-1-2-5-3-6;1-2-3-1;1-3-4-2;;;/h5-10H,1-4H3,(H,20,22);3-6H,11H2,1-2H3;3-4H,1-2H3;1-2H,(H,10,11);5H,3-4H2,1-2H3,(H2,8,9,10);5H,3-4H2,1-2H3,(H,7,9);1-2H2;1H,2-3H2;3H,1-2H3;2*1H;/q;;;;;;;-1;;;;+2/p-1. The fourth-order valence-corrected chi connectivity index (χ4v) is 8.17. The van der Waals surface area contributed by atoms with E-state index in [4.69, 9.17) is 111 Å². The van der Waals surface area contributed by atoms with Gasteiger partial charge in [0.05, 0.1) is 97.0 Å². The molecule has 31 nitrogen and oxygen atoms in total. The van der Waals surface area contributed by atoms with Crippen molar-refractivity contribution < 1.29 is 74.8 Å². The summed E-state index contributed by atoms with van der Waals surface area (Å²) < 4.78 is 14.1. The Morgan fingerprint density at radius 3 is 1.56 bits per heavy atom. The van der Waals surface area contributed by atoms with Gasteiger partial charge in [0, 0.05) is 97.3 Å². The van der Waals surface area contributed by atoms with Crippen LogP contribution in [-0.2, 0) is 33.4 Å². The zero-order valence-corrected chi connectivity index (χ0v) is 68.0. The maximum Gasteiger partial charge on any atom is 2.00 e. The van der Waals surface area contributed by atoms with E-state index in [0.717, 1.165) is 35.0 Å². The maximum absolute atomic E-state index is 12.6. The summed E-state index contributed by atoms with van der Waals surface area (Å²) in [5.74, 6) is 1.26. The number of amides is 6. The van der Waals surface area contributed by atoms with Gasteiger partial charge in [0.1, 0.15) is 28.1 Å². The molecule has 6 heterocycles. The minimum Gasteiger partial charge on any atom is -1.00 e. The molecule has 9 rings (SSSR count). The van der Waals surface area contributed by atoms with Gasteiger partial charge in [-0.3, -0.25) is 28.6 Å². The van der Waals surface area contributed by atoms with Crippen molar-refractivity contribution in [2.24, 2.45) is 19.1 Å². The second-order valence-corrected chi connectivity index (χ2v) is 22.7. The summed E-state index contributed by atoms with van der Waals surface area (Å²) in [6, 6.07) is 15.7. The van der Waals surface area contributed by atoms with E-state index in [1.165, 1.54) is 71.8 Å². The number of benzene rings is 2. The molecular formula is C62H84BrCl8MgN19O12. The Labute approximate surface area is 666 Å². The number of nitrogen functional groups attached to an aromatic ring is 1. The van der Waals surface area contributed by atoms with E-state index in [0.29, 0.717) is 76.7 Å². The molecule has 1 saturated heterocycles. The number of hydrogen-bond acceptors (Lipinski definition) is 22. The Hall–Kier alpha value is -6.89. The minimum atomic E-state index is -1.11. The van der Waals surface area contributed by atoms with Gasteiger partial charge in [-0.1, -0.05) is 70.1 Å². The number of pyridine rings is 3. The van der Waals surface area contributed by atoms with Crippen molar-refractivity contribution in [3.05, 3.63) is 134 Å². The first-order chi connectivity index (χ1) is 47.5. The summed E-state index contributed by atoms with van der Waals surface area (Å²) in [6.45, 7) is 10.4. The first kappa shape index (κ1) is 100. The maximum atomic E-state index is 12.6. The number of methoxy groups -OCH3 is 2. The number of hydroxylamine groups is 5. The van der Waals surface area contributed by atoms with Crippen molar-refractivity contribution in [3.63, 3.8) is 0 Å². The topological polar surface area (TPSA) is 377 Å². The van der Waals surface area contributed by atoms with Crippen molar-refractivity contribution in [2.75, 3.05) is 106 Å². The molecular weight excluding hydrogens is 1590 g/mol. The number of urea groups is 2. The Bertz CT molecular complexity index is 3700. The average molecular weight is 1680 g/mol. The average Bonchev–Trinajstić information content (AvgIpc) is 1.76. The van der Waals surface area contributed by atoms with Crippen LogP contribution in [0.3, 0.4) is 0 Å². The zero-order valence-electron chi connectivity index (χ0n) is 58.9. The van der Waals surface area contributed by atoms with Crippen molar-refractivity contribution in [2.45, 2.75) is 52.6 Å². The molecule has 1 saturated carbocycles. The number of halogens is 9. The van der Waals surface area contributed by atoms with E-state index in [-0.39, 0.29) is 125 Å². The molecule has 6 amide bonds. The molecule has 1 aliphatic heterocycles. The molecule has 0 unspecified atom stereocenters. The molecule has 5 aromatic heterocycles. The summed E-state index contributed by atoms with van der Waals surface area (Å²) in [5, 5.41) is 31.3. The Morgan fingerprint density at radius 2 is 1.20 bits per heavy atom. The number of aromatic nitrogens is 9. The number of rotatable bonds is 18. The first-order valence-corrected chi connectivity index (χ1v) is 32.5. The summed E-state index contributed by atoms with van der Waals surface area (Å²) in [5.41, 5.74) is 11.9. The van der Waals surface area contributed by atoms with Gasteiger partial charge < -0.3 is 74.7 Å². The van der Waals surface area contributed by atoms with Crippen LogP contribution in [0.4, 0.5) is 26.7 Å². The molecule has 564 valence electrons. The molecule has 0 radical (unpaired) electrons. The number of nitrogens with zero attached hydrogens (tertiary/aromatic N) is 13. The van der Waals surface area contributed by atoms with Gasteiger partial charge in [0.2, 0.25) is 6.08 Å². The fraction of sp³-hybridized carbons (Fsp3) is 0.387. The summed E-state index contributed by atoms with van der Waals surface area (Å²) in [6.07, 6.45) is 13.4. The van der Waals surface area contributed by atoms with Crippen molar-refractivity contribution in [3.8, 4) is 34.3 Å². The number of isocyanates is 1. The third-order valence-corrected chi connectivity index (χ3v) is 13.4. The molecule has 103 heavy (non-hydrogen) atoms. The molecule has 1 aliphatic carbocycles. The molecule has 0 bridgehead atoms. The number of carboxylic acid groups (broad SMARTS) is 1. The second kappa shape index (κ2) is 56.5. The molecule has 7 aromatic rings. The third-order valence-electron chi connectivity index (χ3n) is 11.8. The number of ether oxygens (including phenoxy) is 2. The van der Waals surface area contributed by atoms with Crippen LogP contribution in [0.2, 0.25) is 25.5 Å². The summed E-state index contributed by atoms with van der Waals surface area (Å²) in [7, 11) is 15.8. The Balaban J connectivity index is -0.00000116. The third kappa shape index (κ3) is 39.2. The summed E-state index contributed by atoms with van der Waals surface area (Å²) in [4.78, 5) is 104. The number of para-hydroxylation sites is 2. The number of nitrogens with two attached hydrogens (primary N) is 1. The number of anilines is 3. The SMILES string of the molecule is CC(C)N1CCNC1=O.CC(C)NC(=O)NCCCl.CNOC.CON(C)C(=O)c1cnc(Cl)cc1Cl.COc1c(N)cccc1-c1ncn(C)n1.COc1c(Nc2cc(Cl)ncc2C(=O)N(C)OC)cccc1-c1ncn(C)n1.Cl.O=C(O)c1cnc(Cl)cc1Cl.O=C=NCCCl.[Br-].[CH-]1CC1.[Mg+2]. The van der Waals surface area contributed by atoms with Gasteiger partial charge >= 0.3 is 41.1 Å². The van der Waals surface area contributed by atoms with Gasteiger partial charge in [-0.25, -0.2) is 77.5 Å². The van der Waals surface area contributed by atoms with E-state index in [1.807, 2.05) is 70.0 Å².